The van der Waals surface area contributed by atoms with Crippen LogP contribution in [0.25, 0.3) is 25.7 Å². The fraction of sp³-hybridized carbons (Fsp3) is 0.118. The molecule has 1 atom stereocenters. The average Bonchev–Trinajstić information content (AvgIpc) is 3.65. The topological polar surface area (TPSA) is 156 Å². The van der Waals surface area contributed by atoms with E-state index in [2.05, 4.69) is 14.5 Å². The summed E-state index contributed by atoms with van der Waals surface area (Å²) < 4.78 is 94.4. The normalized spacial score (nSPS) is 13.9. The number of hydrogen-bond acceptors (Lipinski definition) is 6. The Morgan fingerprint density at radius 1 is 0.898 bits per heavy atom. The van der Waals surface area contributed by atoms with Gasteiger partial charge in [-0.25, -0.2) is 17.5 Å². The highest BCUT2D eigenvalue weighted by molar-refractivity contribution is 7.92. The monoisotopic (exact) mass is 692 g/mol. The van der Waals surface area contributed by atoms with Gasteiger partial charge in [-0.15, -0.1) is 0 Å². The standard InChI is InChI=1S/C34H15F3N6O4S2/c1-41-22-9-5-8-20(11-22)29-26(33(42-2)43-3)13-24-27(17-48(44)45)30-25(32(31(24)29)49(46,47)34(35,36)37)12-23(21(15-39)16-40)28(30)19-7-4-6-18(10-19)14-38/h4-11H,12-13,17H2,(H,44,45). The quantitative estimate of drug-likeness (QED) is 0.223. The Morgan fingerprint density at radius 3 is 2.04 bits per heavy atom. The predicted molar refractivity (Wildman–Crippen MR) is 168 cm³/mol. The second-order valence-electron chi connectivity index (χ2n) is 10.5. The number of rotatable bonds is 5. The molecule has 0 radical (unpaired) electrons. The fourth-order valence-corrected chi connectivity index (χ4v) is 7.97. The molecule has 0 heterocycles. The van der Waals surface area contributed by atoms with E-state index < -0.39 is 72.1 Å². The first kappa shape index (κ1) is 34.0. The first-order valence-electron chi connectivity index (χ1n) is 13.6. The van der Waals surface area contributed by atoms with Crippen LogP contribution in [0.5, 0.6) is 0 Å². The molecule has 3 aromatic rings. The van der Waals surface area contributed by atoms with Gasteiger partial charge in [0.2, 0.25) is 0 Å². The van der Waals surface area contributed by atoms with Crippen molar-refractivity contribution in [3.8, 4) is 18.2 Å². The van der Waals surface area contributed by atoms with Crippen LogP contribution < -0.4 is 10.4 Å². The van der Waals surface area contributed by atoms with E-state index in [4.69, 9.17) is 19.7 Å². The molecule has 49 heavy (non-hydrogen) atoms. The second-order valence-corrected chi connectivity index (χ2v) is 13.3. The Bertz CT molecular complexity index is 2600. The number of allylic oxidation sites excluding steroid dienone is 3. The van der Waals surface area contributed by atoms with Gasteiger partial charge < -0.3 is 4.55 Å². The molecule has 1 unspecified atom stereocenters. The second kappa shape index (κ2) is 12.7. The lowest BCUT2D eigenvalue weighted by Gasteiger charge is -2.17. The molecule has 2 aliphatic rings. The van der Waals surface area contributed by atoms with Gasteiger partial charge in [-0.2, -0.15) is 38.6 Å². The van der Waals surface area contributed by atoms with Crippen LogP contribution in [-0.2, 0) is 39.5 Å². The minimum atomic E-state index is -6.32. The number of benzene rings is 3. The highest BCUT2D eigenvalue weighted by Gasteiger charge is 2.51. The van der Waals surface area contributed by atoms with Crippen molar-refractivity contribution >= 4 is 37.8 Å². The summed E-state index contributed by atoms with van der Waals surface area (Å²) in [6.07, 6.45) is -1.23. The van der Waals surface area contributed by atoms with Crippen molar-refractivity contribution < 1.29 is 30.4 Å². The van der Waals surface area contributed by atoms with E-state index in [1.165, 1.54) is 48.5 Å². The Kier molecular flexibility index (Phi) is 8.82. The van der Waals surface area contributed by atoms with E-state index in [-0.39, 0.29) is 61.0 Å². The van der Waals surface area contributed by atoms with Crippen LogP contribution in [0.3, 0.4) is 0 Å². The molecule has 1 N–H and O–H groups in total. The summed E-state index contributed by atoms with van der Waals surface area (Å²) in [5, 5.41) is 28.5. The Balaban J connectivity index is 2.26. The van der Waals surface area contributed by atoms with Crippen LogP contribution in [0.1, 0.15) is 33.4 Å². The fourth-order valence-electron chi connectivity index (χ4n) is 6.18. The third-order valence-electron chi connectivity index (χ3n) is 7.97. The van der Waals surface area contributed by atoms with Gasteiger partial charge in [-0.3, -0.25) is 0 Å². The van der Waals surface area contributed by atoms with Crippen LogP contribution >= 0.6 is 0 Å². The van der Waals surface area contributed by atoms with Crippen LogP contribution in [0, 0.1) is 53.7 Å². The molecule has 15 heteroatoms. The summed E-state index contributed by atoms with van der Waals surface area (Å²) in [6, 6.07) is 16.3. The average molecular weight is 693 g/mol. The molecular formula is C34H15F3N6O4S2. The molecule has 0 saturated carbocycles. The summed E-state index contributed by atoms with van der Waals surface area (Å²) in [4.78, 5) is 8.53. The zero-order chi connectivity index (χ0) is 35.8. The van der Waals surface area contributed by atoms with Gasteiger partial charge in [0.15, 0.2) is 16.8 Å². The predicted octanol–water partition coefficient (Wildman–Crippen LogP) is 5.03. The van der Waals surface area contributed by atoms with Gasteiger partial charge in [-0.1, -0.05) is 30.3 Å². The van der Waals surface area contributed by atoms with E-state index in [1.807, 2.05) is 6.07 Å². The van der Waals surface area contributed by atoms with Crippen molar-refractivity contribution in [1.29, 1.82) is 15.8 Å². The summed E-state index contributed by atoms with van der Waals surface area (Å²) in [5.41, 5.74) is -7.79. The van der Waals surface area contributed by atoms with Crippen LogP contribution in [0.4, 0.5) is 18.9 Å². The summed E-state index contributed by atoms with van der Waals surface area (Å²) in [5.74, 6) is -1.37. The van der Waals surface area contributed by atoms with Crippen LogP contribution in [-0.4, -0.2) is 22.7 Å². The van der Waals surface area contributed by atoms with Gasteiger partial charge in [0.05, 0.1) is 34.4 Å². The number of nitrogens with zero attached hydrogens (tertiary/aromatic N) is 6. The lowest BCUT2D eigenvalue weighted by Crippen LogP contribution is -2.36. The highest BCUT2D eigenvalue weighted by Crippen LogP contribution is 2.42. The smallest absolute Gasteiger partial charge is 0.306 e. The molecular weight excluding hydrogens is 678 g/mol. The van der Waals surface area contributed by atoms with Crippen molar-refractivity contribution in [2.75, 3.05) is 0 Å². The Morgan fingerprint density at radius 2 is 1.49 bits per heavy atom. The van der Waals surface area contributed by atoms with Gasteiger partial charge in [0.1, 0.15) is 30.9 Å². The van der Waals surface area contributed by atoms with E-state index >= 15 is 0 Å². The molecule has 0 aliphatic heterocycles. The van der Waals surface area contributed by atoms with Gasteiger partial charge >= 0.3 is 11.3 Å². The minimum Gasteiger partial charge on any atom is -0.306 e. The van der Waals surface area contributed by atoms with E-state index in [1.54, 1.807) is 12.1 Å². The molecule has 10 nitrogen and oxygen atoms in total. The Hall–Kier alpha value is -6.33. The number of alkyl halides is 3. The summed E-state index contributed by atoms with van der Waals surface area (Å²) in [6.45, 7) is 22.7. The largest absolute Gasteiger partial charge is 0.523 e. The van der Waals surface area contributed by atoms with Gasteiger partial charge in [-0.05, 0) is 74.4 Å². The van der Waals surface area contributed by atoms with E-state index in [0.717, 1.165) is 0 Å². The Labute approximate surface area is 279 Å². The summed E-state index contributed by atoms with van der Waals surface area (Å²) in [7, 11) is -6.32. The lowest BCUT2D eigenvalue weighted by molar-refractivity contribution is -0.0436. The molecule has 238 valence electrons. The summed E-state index contributed by atoms with van der Waals surface area (Å²) >= 11 is -2.70. The third kappa shape index (κ3) is 5.55. The number of nitriles is 3. The number of halogens is 3. The van der Waals surface area contributed by atoms with Crippen LogP contribution in [0.2, 0.25) is 0 Å². The molecule has 0 spiro atoms. The number of fused-ring (bicyclic) bond motifs is 2. The van der Waals surface area contributed by atoms with Crippen molar-refractivity contribution in [1.82, 2.24) is 0 Å². The molecule has 0 bridgehead atoms. The van der Waals surface area contributed by atoms with Gasteiger partial charge in [0.25, 0.3) is 9.84 Å². The highest BCUT2D eigenvalue weighted by atomic mass is 32.2. The maximum Gasteiger partial charge on any atom is 0.523 e. The molecule has 0 fully saturated rings. The van der Waals surface area contributed by atoms with Crippen molar-refractivity contribution in [2.45, 2.75) is 29.0 Å². The minimum absolute atomic E-state index is 0.00828. The van der Waals surface area contributed by atoms with Crippen molar-refractivity contribution in [3.05, 3.63) is 149 Å². The molecule has 0 amide bonds. The zero-order valence-corrected chi connectivity index (χ0v) is 26.2. The van der Waals surface area contributed by atoms with Crippen LogP contribution in [0.15, 0.2) is 76.0 Å². The maximum atomic E-state index is 14.7. The van der Waals surface area contributed by atoms with Gasteiger partial charge in [0, 0.05) is 11.6 Å². The third-order valence-corrected chi connectivity index (χ3v) is 10.1. The van der Waals surface area contributed by atoms with E-state index in [9.17, 15) is 46.1 Å². The zero-order valence-electron chi connectivity index (χ0n) is 24.5. The number of sulfone groups is 1. The molecule has 0 aromatic heterocycles. The molecule has 3 aromatic carbocycles. The first-order chi connectivity index (χ1) is 23.3. The molecule has 5 rings (SSSR count). The van der Waals surface area contributed by atoms with Crippen molar-refractivity contribution in [3.63, 3.8) is 0 Å². The number of hydrogen-bond donors (Lipinski definition) is 1. The first-order valence-corrected chi connectivity index (χ1v) is 16.4. The van der Waals surface area contributed by atoms with Crippen molar-refractivity contribution in [2.24, 2.45) is 0 Å². The SMILES string of the molecule is [C-]#[N+]C([N+]#[C-])=C1Cc2c(CS(=O)O)c3c(c(S(=O)(=O)C(F)(F)F)c2=C1c1cccc([N+]#[C-])c1)CC(=C(C#N)C#N)C=3c1cccc(C#N)c1. The maximum absolute atomic E-state index is 14.7. The van der Waals surface area contributed by atoms with E-state index in [0.29, 0.717) is 0 Å². The molecule has 0 saturated heterocycles. The lowest BCUT2D eigenvalue weighted by atomic mass is 9.93. The molecule has 2 aliphatic carbocycles.